The molecule has 1 aromatic carbocycles. The van der Waals surface area contributed by atoms with Gasteiger partial charge in [-0.05, 0) is 51.2 Å². The maximum atomic E-state index is 11.9. The van der Waals surface area contributed by atoms with Crippen LogP contribution < -0.4 is 5.32 Å². The largest absolute Gasteiger partial charge is 0.326 e. The fourth-order valence-corrected chi connectivity index (χ4v) is 1.99. The lowest BCUT2D eigenvalue weighted by Gasteiger charge is -2.28. The maximum absolute atomic E-state index is 11.9. The molecule has 0 saturated carbocycles. The predicted octanol–water partition coefficient (Wildman–Crippen LogP) is 1.77. The Labute approximate surface area is 96.5 Å². The maximum Gasteiger partial charge on any atom is 0.227 e. The number of nitrogens with zero attached hydrogens (tertiary/aromatic N) is 1. The summed E-state index contributed by atoms with van der Waals surface area (Å²) in [5, 5.41) is 2.95. The molecule has 1 saturated heterocycles. The molecule has 0 bridgehead atoms. The molecule has 1 radical (unpaired) electrons. The number of hydrogen-bond acceptors (Lipinski definition) is 2. The zero-order valence-corrected chi connectivity index (χ0v) is 9.57. The summed E-state index contributed by atoms with van der Waals surface area (Å²) in [5.41, 5.74) is 0.864. The van der Waals surface area contributed by atoms with Crippen LogP contribution in [0, 0.1) is 12.0 Å². The van der Waals surface area contributed by atoms with Gasteiger partial charge in [0.05, 0.1) is 0 Å². The first-order chi connectivity index (χ1) is 7.75. The molecule has 3 heteroatoms. The van der Waals surface area contributed by atoms with Crippen LogP contribution in [-0.4, -0.2) is 30.9 Å². The van der Waals surface area contributed by atoms with Gasteiger partial charge < -0.3 is 10.2 Å². The zero-order valence-electron chi connectivity index (χ0n) is 9.57. The molecule has 3 nitrogen and oxygen atoms in total. The number of benzene rings is 1. The van der Waals surface area contributed by atoms with Crippen LogP contribution in [-0.2, 0) is 4.79 Å². The van der Waals surface area contributed by atoms with E-state index in [-0.39, 0.29) is 11.8 Å². The van der Waals surface area contributed by atoms with E-state index in [1.165, 1.54) is 0 Å². The Morgan fingerprint density at radius 1 is 1.38 bits per heavy atom. The van der Waals surface area contributed by atoms with Crippen LogP contribution in [0.1, 0.15) is 12.8 Å². The molecule has 1 heterocycles. The van der Waals surface area contributed by atoms with Gasteiger partial charge in [0, 0.05) is 11.6 Å². The lowest BCUT2D eigenvalue weighted by molar-refractivity contribution is -0.121. The summed E-state index contributed by atoms with van der Waals surface area (Å²) in [6.45, 7) is 2.03. The van der Waals surface area contributed by atoms with E-state index < -0.39 is 0 Å². The second kappa shape index (κ2) is 5.12. The minimum atomic E-state index is 0.152. The first-order valence-electron chi connectivity index (χ1n) is 5.71. The Balaban J connectivity index is 1.89. The summed E-state index contributed by atoms with van der Waals surface area (Å²) in [6.07, 6.45) is 1.92. The zero-order chi connectivity index (χ0) is 11.4. The second-order valence-electron chi connectivity index (χ2n) is 4.36. The molecule has 0 atom stereocenters. The molecular formula is C13H17N2O. The molecule has 0 unspecified atom stereocenters. The molecule has 0 aliphatic carbocycles. The number of rotatable bonds is 2. The number of amides is 1. The predicted molar refractivity (Wildman–Crippen MR) is 64.1 cm³/mol. The Morgan fingerprint density at radius 2 is 2.00 bits per heavy atom. The Kier molecular flexibility index (Phi) is 3.57. The van der Waals surface area contributed by atoms with E-state index in [0.717, 1.165) is 31.6 Å². The highest BCUT2D eigenvalue weighted by Crippen LogP contribution is 2.18. The molecule has 16 heavy (non-hydrogen) atoms. The molecule has 2 rings (SSSR count). The van der Waals surface area contributed by atoms with E-state index in [9.17, 15) is 4.79 Å². The molecular weight excluding hydrogens is 200 g/mol. The third-order valence-electron chi connectivity index (χ3n) is 3.08. The number of piperidine rings is 1. The molecule has 1 fully saturated rings. The fraction of sp³-hybridized carbons (Fsp3) is 0.462. The first-order valence-corrected chi connectivity index (χ1v) is 5.71. The molecule has 0 aromatic heterocycles. The Morgan fingerprint density at radius 3 is 2.62 bits per heavy atom. The van der Waals surface area contributed by atoms with Gasteiger partial charge in [0.25, 0.3) is 0 Å². The molecule has 1 aliphatic heterocycles. The van der Waals surface area contributed by atoms with Crippen LogP contribution in [0.2, 0.25) is 0 Å². The lowest BCUT2D eigenvalue weighted by atomic mass is 9.96. The van der Waals surface area contributed by atoms with Crippen LogP contribution in [0.15, 0.2) is 24.3 Å². The summed E-state index contributed by atoms with van der Waals surface area (Å²) in [7, 11) is 2.10. The molecule has 1 N–H and O–H groups in total. The standard InChI is InChI=1S/C13H17N2O/c1-15-9-7-11(8-10-15)13(16)14-12-5-3-2-4-6-12/h3-6,11H,7-10H2,1H3,(H,14,16). The van der Waals surface area contributed by atoms with E-state index in [2.05, 4.69) is 23.3 Å². The van der Waals surface area contributed by atoms with Crippen molar-refractivity contribution in [1.82, 2.24) is 4.90 Å². The van der Waals surface area contributed by atoms with Crippen molar-refractivity contribution in [2.45, 2.75) is 12.8 Å². The van der Waals surface area contributed by atoms with E-state index in [4.69, 9.17) is 0 Å². The number of carbonyl (C=O) groups is 1. The SMILES string of the molecule is CN1CCC(C(=O)Nc2cc[c]cc2)CC1. The van der Waals surface area contributed by atoms with E-state index in [0.29, 0.717) is 0 Å². The van der Waals surface area contributed by atoms with E-state index in [1.54, 1.807) is 0 Å². The van der Waals surface area contributed by atoms with E-state index >= 15 is 0 Å². The van der Waals surface area contributed by atoms with Gasteiger partial charge in [-0.15, -0.1) is 0 Å². The van der Waals surface area contributed by atoms with Crippen LogP contribution in [0.25, 0.3) is 0 Å². The van der Waals surface area contributed by atoms with Crippen LogP contribution in [0.4, 0.5) is 5.69 Å². The minimum absolute atomic E-state index is 0.152. The molecule has 85 valence electrons. The second-order valence-corrected chi connectivity index (χ2v) is 4.36. The molecule has 1 aliphatic rings. The van der Waals surface area contributed by atoms with Crippen LogP contribution in [0.3, 0.4) is 0 Å². The van der Waals surface area contributed by atoms with Crippen molar-refractivity contribution in [3.8, 4) is 0 Å². The van der Waals surface area contributed by atoms with Gasteiger partial charge >= 0.3 is 0 Å². The number of likely N-dealkylation sites (tertiary alicyclic amines) is 1. The topological polar surface area (TPSA) is 32.3 Å². The lowest BCUT2D eigenvalue weighted by Crippen LogP contribution is -2.35. The summed E-state index contributed by atoms with van der Waals surface area (Å²) in [4.78, 5) is 14.2. The monoisotopic (exact) mass is 217 g/mol. The van der Waals surface area contributed by atoms with Crippen molar-refractivity contribution in [2.75, 3.05) is 25.5 Å². The van der Waals surface area contributed by atoms with Gasteiger partial charge in [0.1, 0.15) is 0 Å². The molecule has 1 aromatic rings. The summed E-state index contributed by atoms with van der Waals surface area (Å²) in [5.74, 6) is 0.319. The van der Waals surface area contributed by atoms with Gasteiger partial charge in [-0.3, -0.25) is 4.79 Å². The van der Waals surface area contributed by atoms with Crippen molar-refractivity contribution in [3.05, 3.63) is 30.3 Å². The van der Waals surface area contributed by atoms with Gasteiger partial charge in [-0.1, -0.05) is 12.1 Å². The van der Waals surface area contributed by atoms with Gasteiger partial charge in [-0.25, -0.2) is 0 Å². The van der Waals surface area contributed by atoms with Crippen LogP contribution in [0.5, 0.6) is 0 Å². The minimum Gasteiger partial charge on any atom is -0.326 e. The van der Waals surface area contributed by atoms with Gasteiger partial charge in [0.15, 0.2) is 0 Å². The number of nitrogens with one attached hydrogen (secondary N) is 1. The smallest absolute Gasteiger partial charge is 0.227 e. The normalized spacial score (nSPS) is 18.3. The highest BCUT2D eigenvalue weighted by Gasteiger charge is 2.23. The highest BCUT2D eigenvalue weighted by molar-refractivity contribution is 5.92. The summed E-state index contributed by atoms with van der Waals surface area (Å²) >= 11 is 0. The van der Waals surface area contributed by atoms with E-state index in [1.807, 2.05) is 24.3 Å². The fourth-order valence-electron chi connectivity index (χ4n) is 1.99. The van der Waals surface area contributed by atoms with Crippen LogP contribution >= 0.6 is 0 Å². The number of anilines is 1. The number of carbonyl (C=O) groups excluding carboxylic acids is 1. The molecule has 1 amide bonds. The number of hydrogen-bond donors (Lipinski definition) is 1. The van der Waals surface area contributed by atoms with Crippen molar-refractivity contribution in [2.24, 2.45) is 5.92 Å². The third kappa shape index (κ3) is 2.83. The average Bonchev–Trinajstić information content (AvgIpc) is 2.31. The Bertz CT molecular complexity index is 342. The van der Waals surface area contributed by atoms with Crippen molar-refractivity contribution < 1.29 is 4.79 Å². The first kappa shape index (κ1) is 11.1. The molecule has 0 spiro atoms. The van der Waals surface area contributed by atoms with Crippen molar-refractivity contribution in [3.63, 3.8) is 0 Å². The van der Waals surface area contributed by atoms with Gasteiger partial charge in [-0.2, -0.15) is 0 Å². The summed E-state index contributed by atoms with van der Waals surface area (Å²) < 4.78 is 0. The quantitative estimate of drug-likeness (QED) is 0.818. The third-order valence-corrected chi connectivity index (χ3v) is 3.08. The highest BCUT2D eigenvalue weighted by atomic mass is 16.1. The van der Waals surface area contributed by atoms with Crippen molar-refractivity contribution >= 4 is 11.6 Å². The average molecular weight is 217 g/mol. The Hall–Kier alpha value is -1.35. The van der Waals surface area contributed by atoms with Crippen molar-refractivity contribution in [1.29, 1.82) is 0 Å². The summed E-state index contributed by atoms with van der Waals surface area (Å²) in [6, 6.07) is 10.3. The van der Waals surface area contributed by atoms with Gasteiger partial charge in [0.2, 0.25) is 5.91 Å².